The van der Waals surface area contributed by atoms with E-state index in [4.69, 9.17) is 0 Å². The molecule has 0 unspecified atom stereocenters. The van der Waals surface area contributed by atoms with Crippen molar-refractivity contribution in [1.29, 1.82) is 0 Å². The van der Waals surface area contributed by atoms with E-state index in [0.717, 1.165) is 22.7 Å². The number of para-hydroxylation sites is 1. The number of aromatic nitrogens is 1. The minimum atomic E-state index is 1.10. The Labute approximate surface area is 357 Å². The van der Waals surface area contributed by atoms with Gasteiger partial charge in [-0.1, -0.05) is 152 Å². The van der Waals surface area contributed by atoms with Gasteiger partial charge >= 0.3 is 0 Å². The predicted molar refractivity (Wildman–Crippen MR) is 261 cm³/mol. The van der Waals surface area contributed by atoms with E-state index in [1.807, 2.05) is 11.3 Å². The van der Waals surface area contributed by atoms with Crippen molar-refractivity contribution < 1.29 is 0 Å². The van der Waals surface area contributed by atoms with Gasteiger partial charge in [-0.05, 0) is 122 Å². The summed E-state index contributed by atoms with van der Waals surface area (Å²) in [6.45, 7) is 0. The summed E-state index contributed by atoms with van der Waals surface area (Å²) in [6, 6.07) is 80.5. The Hall–Kier alpha value is -7.72. The molecule has 2 aromatic heterocycles. The Balaban J connectivity index is 1.01. The molecule has 2 nitrogen and oxygen atoms in total. The van der Waals surface area contributed by atoms with Crippen LogP contribution in [0.2, 0.25) is 0 Å². The number of benzene rings is 10. The van der Waals surface area contributed by atoms with Crippen molar-refractivity contribution in [1.82, 2.24) is 4.57 Å². The van der Waals surface area contributed by atoms with E-state index in [9.17, 15) is 0 Å². The zero-order chi connectivity index (χ0) is 40.0. The summed E-state index contributed by atoms with van der Waals surface area (Å²) >= 11 is 1.86. The van der Waals surface area contributed by atoms with Gasteiger partial charge in [0.25, 0.3) is 0 Å². The average molecular weight is 793 g/mol. The fraction of sp³-hybridized carbons (Fsp3) is 0. The lowest BCUT2D eigenvalue weighted by Crippen LogP contribution is -2.10. The largest absolute Gasteiger partial charge is 0.310 e. The Bertz CT molecular complexity index is 3690. The maximum Gasteiger partial charge on any atom is 0.0553 e. The number of anilines is 3. The van der Waals surface area contributed by atoms with Gasteiger partial charge in [0.1, 0.15) is 0 Å². The molecule has 13 rings (SSSR count). The molecular weight excluding hydrogens is 757 g/mol. The minimum Gasteiger partial charge on any atom is -0.310 e. The number of fused-ring (bicyclic) bond motifs is 12. The first-order valence-corrected chi connectivity index (χ1v) is 21.7. The molecule has 284 valence electrons. The first kappa shape index (κ1) is 34.2. The summed E-state index contributed by atoms with van der Waals surface area (Å²) in [5.41, 5.74) is 16.9. The summed E-state index contributed by atoms with van der Waals surface area (Å²) in [5.74, 6) is 0. The number of hydrogen-bond donors (Lipinski definition) is 0. The van der Waals surface area contributed by atoms with Gasteiger partial charge in [-0.15, -0.1) is 11.3 Å². The van der Waals surface area contributed by atoms with Crippen molar-refractivity contribution in [2.24, 2.45) is 0 Å². The zero-order valence-electron chi connectivity index (χ0n) is 33.1. The molecule has 10 aromatic carbocycles. The lowest BCUT2D eigenvalue weighted by atomic mass is 9.91. The van der Waals surface area contributed by atoms with Crippen molar-refractivity contribution in [2.75, 3.05) is 4.90 Å². The molecule has 3 heteroatoms. The maximum atomic E-state index is 2.47. The van der Waals surface area contributed by atoms with E-state index in [1.54, 1.807) is 0 Å². The van der Waals surface area contributed by atoms with Crippen molar-refractivity contribution in [3.05, 3.63) is 218 Å². The highest BCUT2D eigenvalue weighted by molar-refractivity contribution is 7.25. The van der Waals surface area contributed by atoms with Crippen LogP contribution in [0.5, 0.6) is 0 Å². The molecule has 0 atom stereocenters. The van der Waals surface area contributed by atoms with Crippen LogP contribution < -0.4 is 4.90 Å². The third-order valence-corrected chi connectivity index (χ3v) is 13.9. The fourth-order valence-electron chi connectivity index (χ4n) is 10.0. The second kappa shape index (κ2) is 13.4. The SMILES string of the molecule is c1ccc(-c2ccc(N(c3ccc(-n4c5ccccc5c5c6cccc7c6c(cc54)-c4ccccc4-c4ccccc4-7)cc3)c3ccc4c(c3)sc3ccccc34)cc2)cc1. The van der Waals surface area contributed by atoms with E-state index < -0.39 is 0 Å². The van der Waals surface area contributed by atoms with Crippen LogP contribution in [0.15, 0.2) is 218 Å². The summed E-state index contributed by atoms with van der Waals surface area (Å²) in [6.07, 6.45) is 0. The molecule has 0 saturated carbocycles. The van der Waals surface area contributed by atoms with E-state index in [-0.39, 0.29) is 0 Å². The Morgan fingerprint density at radius 2 is 0.852 bits per heavy atom. The topological polar surface area (TPSA) is 8.17 Å². The van der Waals surface area contributed by atoms with Crippen LogP contribution in [0.3, 0.4) is 0 Å². The summed E-state index contributed by atoms with van der Waals surface area (Å²) in [4.78, 5) is 2.39. The quantitative estimate of drug-likeness (QED) is 0.169. The summed E-state index contributed by atoms with van der Waals surface area (Å²) in [7, 11) is 0. The molecule has 12 aromatic rings. The van der Waals surface area contributed by atoms with Crippen LogP contribution in [-0.4, -0.2) is 4.57 Å². The highest BCUT2D eigenvalue weighted by atomic mass is 32.1. The van der Waals surface area contributed by atoms with Crippen LogP contribution in [0.1, 0.15) is 0 Å². The van der Waals surface area contributed by atoms with Crippen LogP contribution in [-0.2, 0) is 0 Å². The molecule has 61 heavy (non-hydrogen) atoms. The molecule has 0 spiro atoms. The number of nitrogens with zero attached hydrogens (tertiary/aromatic N) is 2. The number of hydrogen-bond acceptors (Lipinski definition) is 2. The van der Waals surface area contributed by atoms with Crippen LogP contribution >= 0.6 is 11.3 Å². The van der Waals surface area contributed by atoms with Gasteiger partial charge in [0.05, 0.1) is 11.0 Å². The molecule has 0 aliphatic heterocycles. The van der Waals surface area contributed by atoms with Gasteiger partial charge in [0.15, 0.2) is 0 Å². The van der Waals surface area contributed by atoms with Gasteiger partial charge in [-0.2, -0.15) is 0 Å². The molecule has 0 amide bonds. The molecule has 1 aliphatic carbocycles. The third-order valence-electron chi connectivity index (χ3n) is 12.7. The van der Waals surface area contributed by atoms with Crippen LogP contribution in [0, 0.1) is 0 Å². The first-order chi connectivity index (χ1) is 30.3. The van der Waals surface area contributed by atoms with Crippen LogP contribution in [0.4, 0.5) is 17.1 Å². The molecule has 0 N–H and O–H groups in total. The van der Waals surface area contributed by atoms with Gasteiger partial charge in [0, 0.05) is 53.7 Å². The number of rotatable bonds is 5. The van der Waals surface area contributed by atoms with Gasteiger partial charge < -0.3 is 9.47 Å². The molecule has 2 heterocycles. The van der Waals surface area contributed by atoms with Gasteiger partial charge in [0.2, 0.25) is 0 Å². The standard InChI is InChI=1S/C58H36N2S/c1-2-13-37(14-3-1)38-25-27-39(28-26-38)59(42-33-34-48-47-19-9-11-24-55(47)61-56(48)35-42)40-29-31-41(32-30-40)60-53-23-10-8-20-50(53)58-51-22-12-21-49-45-17-6-4-15-43(45)44-16-5-7-18-46(44)52(57(49)51)36-54(58)60/h1-36H. The van der Waals surface area contributed by atoms with Crippen molar-refractivity contribution in [3.63, 3.8) is 0 Å². The fourth-order valence-corrected chi connectivity index (χ4v) is 11.2. The molecule has 1 aliphatic rings. The number of thiophene rings is 1. The Kier molecular flexibility index (Phi) is 7.51. The van der Waals surface area contributed by atoms with Crippen molar-refractivity contribution in [2.45, 2.75) is 0 Å². The second-order valence-corrected chi connectivity index (χ2v) is 17.1. The first-order valence-electron chi connectivity index (χ1n) is 20.9. The lowest BCUT2D eigenvalue weighted by Gasteiger charge is -2.26. The highest BCUT2D eigenvalue weighted by Gasteiger charge is 2.25. The van der Waals surface area contributed by atoms with Crippen LogP contribution in [0.25, 0.3) is 103 Å². The van der Waals surface area contributed by atoms with E-state index >= 15 is 0 Å². The second-order valence-electron chi connectivity index (χ2n) is 16.0. The van der Waals surface area contributed by atoms with E-state index in [0.29, 0.717) is 0 Å². The third kappa shape index (κ3) is 5.21. The van der Waals surface area contributed by atoms with E-state index in [2.05, 4.69) is 228 Å². The maximum absolute atomic E-state index is 2.47. The zero-order valence-corrected chi connectivity index (χ0v) is 33.9. The summed E-state index contributed by atoms with van der Waals surface area (Å²) < 4.78 is 5.07. The molecule has 0 bridgehead atoms. The predicted octanol–water partition coefficient (Wildman–Crippen LogP) is 16.8. The van der Waals surface area contributed by atoms with Crippen molar-refractivity contribution in [3.8, 4) is 50.2 Å². The Morgan fingerprint density at radius 1 is 0.311 bits per heavy atom. The monoisotopic (exact) mass is 792 g/mol. The lowest BCUT2D eigenvalue weighted by molar-refractivity contribution is 1.17. The normalized spacial score (nSPS) is 11.9. The Morgan fingerprint density at radius 3 is 1.61 bits per heavy atom. The average Bonchev–Trinajstić information content (AvgIpc) is 3.84. The molecule has 0 saturated heterocycles. The van der Waals surface area contributed by atoms with Gasteiger partial charge in [-0.3, -0.25) is 0 Å². The molecule has 0 fully saturated rings. The molecular formula is C58H36N2S. The molecule has 0 radical (unpaired) electrons. The van der Waals surface area contributed by atoms with Gasteiger partial charge in [-0.25, -0.2) is 0 Å². The minimum absolute atomic E-state index is 1.10. The smallest absolute Gasteiger partial charge is 0.0553 e. The van der Waals surface area contributed by atoms with Crippen molar-refractivity contribution >= 4 is 81.1 Å². The highest BCUT2D eigenvalue weighted by Crippen LogP contribution is 2.51. The van der Waals surface area contributed by atoms with E-state index in [1.165, 1.54) is 97.3 Å². The summed E-state index contributed by atoms with van der Waals surface area (Å²) in [5, 5.41) is 7.75.